The summed E-state index contributed by atoms with van der Waals surface area (Å²) in [5.41, 5.74) is -0.744. The van der Waals surface area contributed by atoms with Gasteiger partial charge in [-0.1, -0.05) is 27.2 Å². The van der Waals surface area contributed by atoms with E-state index in [0.29, 0.717) is 31.8 Å². The van der Waals surface area contributed by atoms with Gasteiger partial charge in [0.15, 0.2) is 0 Å². The van der Waals surface area contributed by atoms with Crippen molar-refractivity contribution in [3.8, 4) is 0 Å². The Kier molecular flexibility index (Phi) is 5.42. The van der Waals surface area contributed by atoms with Crippen LogP contribution in [0.1, 0.15) is 47.0 Å². The zero-order valence-electron chi connectivity index (χ0n) is 13.3. The molecule has 0 saturated carbocycles. The van der Waals surface area contributed by atoms with Crippen molar-refractivity contribution >= 4 is 12.0 Å². The molecule has 5 nitrogen and oxygen atoms in total. The minimum absolute atomic E-state index is 0.0505. The number of hydrogen-bond acceptors (Lipinski definition) is 2. The lowest BCUT2D eigenvalue weighted by Crippen LogP contribution is -2.47. The summed E-state index contributed by atoms with van der Waals surface area (Å²) in [6.07, 6.45) is 2.02. The van der Waals surface area contributed by atoms with Crippen LogP contribution in [-0.4, -0.2) is 53.1 Å². The lowest BCUT2D eigenvalue weighted by atomic mass is 9.83. The Morgan fingerprint density at radius 2 is 1.95 bits per heavy atom. The summed E-state index contributed by atoms with van der Waals surface area (Å²) in [6, 6.07) is 0.0962. The number of carbonyl (C=O) groups is 2. The van der Waals surface area contributed by atoms with Gasteiger partial charge in [-0.05, 0) is 25.7 Å². The number of nitrogens with zero attached hydrogens (tertiary/aromatic N) is 2. The average Bonchev–Trinajstić information content (AvgIpc) is 2.82. The highest BCUT2D eigenvalue weighted by atomic mass is 16.4. The summed E-state index contributed by atoms with van der Waals surface area (Å²) in [5.74, 6) is -0.388. The van der Waals surface area contributed by atoms with E-state index in [-0.39, 0.29) is 12.1 Å². The van der Waals surface area contributed by atoms with Crippen LogP contribution in [0.15, 0.2) is 0 Å². The van der Waals surface area contributed by atoms with Gasteiger partial charge in [-0.3, -0.25) is 4.79 Å². The molecule has 1 aliphatic heterocycles. The van der Waals surface area contributed by atoms with Gasteiger partial charge in [-0.15, -0.1) is 0 Å². The summed E-state index contributed by atoms with van der Waals surface area (Å²) in [7, 11) is 1.80. The van der Waals surface area contributed by atoms with Gasteiger partial charge < -0.3 is 14.9 Å². The maximum absolute atomic E-state index is 12.5. The summed E-state index contributed by atoms with van der Waals surface area (Å²) in [6.45, 7) is 9.05. The molecule has 0 aromatic rings. The molecule has 1 N–H and O–H groups in total. The lowest BCUT2D eigenvalue weighted by Gasteiger charge is -2.32. The molecular formula is C15H28N2O3. The number of carboxylic acids is 1. The molecule has 0 aliphatic carbocycles. The Morgan fingerprint density at radius 3 is 2.40 bits per heavy atom. The molecule has 2 unspecified atom stereocenters. The monoisotopic (exact) mass is 284 g/mol. The van der Waals surface area contributed by atoms with E-state index in [2.05, 4.69) is 13.8 Å². The molecule has 2 atom stereocenters. The van der Waals surface area contributed by atoms with Crippen LogP contribution < -0.4 is 0 Å². The third-order valence-electron chi connectivity index (χ3n) is 4.68. The molecule has 1 fully saturated rings. The fraction of sp³-hybridized carbons (Fsp3) is 0.867. The molecule has 116 valence electrons. The molecular weight excluding hydrogens is 256 g/mol. The highest BCUT2D eigenvalue weighted by Crippen LogP contribution is 2.36. The Bertz CT molecular complexity index is 370. The predicted molar refractivity (Wildman–Crippen MR) is 78.6 cm³/mol. The first kappa shape index (κ1) is 16.8. The van der Waals surface area contributed by atoms with Crippen LogP contribution in [0.5, 0.6) is 0 Å². The first-order chi connectivity index (χ1) is 9.25. The maximum atomic E-state index is 12.5. The van der Waals surface area contributed by atoms with Gasteiger partial charge in [0.2, 0.25) is 0 Å². The number of carbonyl (C=O) groups excluding carboxylic acids is 1. The molecule has 2 amide bonds. The Hall–Kier alpha value is -1.26. The molecule has 0 bridgehead atoms. The molecule has 5 heteroatoms. The van der Waals surface area contributed by atoms with Crippen molar-refractivity contribution in [1.29, 1.82) is 0 Å². The number of likely N-dealkylation sites (tertiary alicyclic amines) is 1. The van der Waals surface area contributed by atoms with Crippen LogP contribution in [0.25, 0.3) is 0 Å². The summed E-state index contributed by atoms with van der Waals surface area (Å²) < 4.78 is 0. The van der Waals surface area contributed by atoms with Crippen molar-refractivity contribution in [2.24, 2.45) is 11.3 Å². The van der Waals surface area contributed by atoms with Crippen LogP contribution in [0.4, 0.5) is 4.79 Å². The highest BCUT2D eigenvalue weighted by Gasteiger charge is 2.46. The molecule has 20 heavy (non-hydrogen) atoms. The minimum atomic E-state index is -0.769. The summed E-state index contributed by atoms with van der Waals surface area (Å²) >= 11 is 0. The van der Waals surface area contributed by atoms with E-state index in [9.17, 15) is 14.7 Å². The van der Waals surface area contributed by atoms with Gasteiger partial charge in [0.05, 0.1) is 5.41 Å². The van der Waals surface area contributed by atoms with E-state index in [1.807, 2.05) is 13.8 Å². The van der Waals surface area contributed by atoms with Crippen molar-refractivity contribution in [3.05, 3.63) is 0 Å². The van der Waals surface area contributed by atoms with E-state index in [1.165, 1.54) is 0 Å². The van der Waals surface area contributed by atoms with Crippen LogP contribution in [0.2, 0.25) is 0 Å². The van der Waals surface area contributed by atoms with Crippen LogP contribution in [-0.2, 0) is 4.79 Å². The second-order valence-electron chi connectivity index (χ2n) is 6.39. The van der Waals surface area contributed by atoms with Gasteiger partial charge in [0, 0.05) is 26.2 Å². The third kappa shape index (κ3) is 3.25. The quantitative estimate of drug-likeness (QED) is 0.844. The van der Waals surface area contributed by atoms with E-state index in [4.69, 9.17) is 0 Å². The fourth-order valence-corrected chi connectivity index (χ4v) is 2.84. The predicted octanol–water partition coefficient (Wildman–Crippen LogP) is 2.66. The second kappa shape index (κ2) is 6.46. The summed E-state index contributed by atoms with van der Waals surface area (Å²) in [4.78, 5) is 27.4. The molecule has 0 spiro atoms. The number of carboxylic acid groups (broad SMARTS) is 1. The van der Waals surface area contributed by atoms with Gasteiger partial charge in [0.25, 0.3) is 0 Å². The molecule has 1 saturated heterocycles. The number of amides is 2. The van der Waals surface area contributed by atoms with E-state index < -0.39 is 11.4 Å². The molecule has 1 heterocycles. The fourth-order valence-electron chi connectivity index (χ4n) is 2.84. The first-order valence-electron chi connectivity index (χ1n) is 7.50. The molecule has 0 aromatic carbocycles. The van der Waals surface area contributed by atoms with Gasteiger partial charge in [0.1, 0.15) is 0 Å². The maximum Gasteiger partial charge on any atom is 0.320 e. The SMILES string of the molecule is CCCC1(C(=O)O)CCN(C(=O)N(C)C(C)C(C)C)C1. The Morgan fingerprint density at radius 1 is 1.35 bits per heavy atom. The molecule has 0 aromatic heterocycles. The van der Waals surface area contributed by atoms with E-state index in [0.717, 1.165) is 6.42 Å². The van der Waals surface area contributed by atoms with E-state index in [1.54, 1.807) is 16.8 Å². The van der Waals surface area contributed by atoms with Crippen LogP contribution in [0.3, 0.4) is 0 Å². The van der Waals surface area contributed by atoms with Gasteiger partial charge in [-0.25, -0.2) is 4.79 Å². The lowest BCUT2D eigenvalue weighted by molar-refractivity contribution is -0.148. The highest BCUT2D eigenvalue weighted by molar-refractivity contribution is 5.79. The van der Waals surface area contributed by atoms with Crippen molar-refractivity contribution < 1.29 is 14.7 Å². The molecule has 1 rings (SSSR count). The van der Waals surface area contributed by atoms with Crippen LogP contribution >= 0.6 is 0 Å². The topological polar surface area (TPSA) is 60.9 Å². The Balaban J connectivity index is 2.76. The van der Waals surface area contributed by atoms with E-state index >= 15 is 0 Å². The second-order valence-corrected chi connectivity index (χ2v) is 6.39. The Labute approximate surface area is 121 Å². The smallest absolute Gasteiger partial charge is 0.320 e. The average molecular weight is 284 g/mol. The zero-order valence-corrected chi connectivity index (χ0v) is 13.3. The van der Waals surface area contributed by atoms with Crippen molar-refractivity contribution in [1.82, 2.24) is 9.80 Å². The number of urea groups is 1. The zero-order chi connectivity index (χ0) is 15.5. The molecule has 0 radical (unpaired) electrons. The number of aliphatic carboxylic acids is 1. The normalized spacial score (nSPS) is 24.0. The molecule has 1 aliphatic rings. The minimum Gasteiger partial charge on any atom is -0.481 e. The van der Waals surface area contributed by atoms with Crippen LogP contribution in [0, 0.1) is 11.3 Å². The van der Waals surface area contributed by atoms with Gasteiger partial charge >= 0.3 is 12.0 Å². The number of rotatable bonds is 5. The standard InChI is InChI=1S/C15H28N2O3/c1-6-7-15(13(18)19)8-9-17(10-15)14(20)16(5)12(4)11(2)3/h11-12H,6-10H2,1-5H3,(H,18,19). The van der Waals surface area contributed by atoms with Crippen molar-refractivity contribution in [3.63, 3.8) is 0 Å². The first-order valence-corrected chi connectivity index (χ1v) is 7.50. The third-order valence-corrected chi connectivity index (χ3v) is 4.68. The number of hydrogen-bond donors (Lipinski definition) is 1. The van der Waals surface area contributed by atoms with Crippen molar-refractivity contribution in [2.75, 3.05) is 20.1 Å². The summed E-state index contributed by atoms with van der Waals surface area (Å²) in [5, 5.41) is 9.48. The van der Waals surface area contributed by atoms with Gasteiger partial charge in [-0.2, -0.15) is 0 Å². The van der Waals surface area contributed by atoms with Crippen molar-refractivity contribution in [2.45, 2.75) is 53.0 Å². The largest absolute Gasteiger partial charge is 0.481 e.